The summed E-state index contributed by atoms with van der Waals surface area (Å²) < 4.78 is 0. The molecule has 0 saturated carbocycles. The summed E-state index contributed by atoms with van der Waals surface area (Å²) in [5.41, 5.74) is 8.06. The largest absolute Gasteiger partial charge is 0.382 e. The molecule has 3 heteroatoms. The van der Waals surface area contributed by atoms with E-state index in [1.165, 1.54) is 5.56 Å². The highest BCUT2D eigenvalue weighted by Crippen LogP contribution is 2.20. The Balaban J connectivity index is 2.44. The molecular formula is C11H15N3. The van der Waals surface area contributed by atoms with E-state index >= 15 is 0 Å². The molecule has 1 aromatic heterocycles. The molecule has 0 spiro atoms. The Bertz CT molecular complexity index is 443. The third kappa shape index (κ3) is 1.58. The molecule has 0 bridgehead atoms. The van der Waals surface area contributed by atoms with Gasteiger partial charge in [0.25, 0.3) is 0 Å². The van der Waals surface area contributed by atoms with Gasteiger partial charge in [0.15, 0.2) is 5.82 Å². The van der Waals surface area contributed by atoms with Crippen LogP contribution < -0.4 is 5.73 Å². The maximum Gasteiger partial charge on any atom is 0.153 e. The molecule has 0 atom stereocenters. The van der Waals surface area contributed by atoms with Crippen LogP contribution >= 0.6 is 0 Å². The van der Waals surface area contributed by atoms with Gasteiger partial charge in [0.1, 0.15) is 0 Å². The van der Waals surface area contributed by atoms with Crippen LogP contribution in [0.5, 0.6) is 0 Å². The summed E-state index contributed by atoms with van der Waals surface area (Å²) in [5, 5.41) is 7.89. The van der Waals surface area contributed by atoms with Crippen LogP contribution in [0.4, 0.5) is 5.82 Å². The van der Waals surface area contributed by atoms with Crippen LogP contribution in [0.25, 0.3) is 10.9 Å². The van der Waals surface area contributed by atoms with Crippen LogP contribution in [-0.2, 0) is 6.42 Å². The Morgan fingerprint density at radius 3 is 2.93 bits per heavy atom. The quantitative estimate of drug-likeness (QED) is 0.761. The number of H-pyrrole nitrogens is 1. The second-order valence-corrected chi connectivity index (χ2v) is 4.09. The molecule has 0 radical (unpaired) electrons. The molecule has 1 heterocycles. The number of hydrogen-bond donors (Lipinski definition) is 2. The lowest BCUT2D eigenvalue weighted by molar-refractivity contribution is 0.648. The molecule has 0 amide bonds. The fourth-order valence-electron chi connectivity index (χ4n) is 1.68. The van der Waals surface area contributed by atoms with Crippen molar-refractivity contribution in [1.82, 2.24) is 10.2 Å². The average Bonchev–Trinajstić information content (AvgIpc) is 2.47. The first kappa shape index (κ1) is 9.06. The van der Waals surface area contributed by atoms with Gasteiger partial charge in [-0.05, 0) is 30.0 Å². The zero-order valence-electron chi connectivity index (χ0n) is 8.54. The smallest absolute Gasteiger partial charge is 0.153 e. The lowest BCUT2D eigenvalue weighted by atomic mass is 10.0. The van der Waals surface area contributed by atoms with Gasteiger partial charge in [-0.2, -0.15) is 5.10 Å². The first-order valence-electron chi connectivity index (χ1n) is 4.89. The van der Waals surface area contributed by atoms with Gasteiger partial charge in [-0.15, -0.1) is 0 Å². The molecule has 0 saturated heterocycles. The fraction of sp³-hybridized carbons (Fsp3) is 0.364. The molecule has 14 heavy (non-hydrogen) atoms. The first-order valence-corrected chi connectivity index (χ1v) is 4.89. The van der Waals surface area contributed by atoms with Crippen molar-refractivity contribution in [2.24, 2.45) is 5.92 Å². The monoisotopic (exact) mass is 189 g/mol. The molecule has 2 aromatic rings. The first-order chi connectivity index (χ1) is 6.66. The van der Waals surface area contributed by atoms with E-state index in [1.54, 1.807) is 0 Å². The van der Waals surface area contributed by atoms with Crippen LogP contribution in [-0.4, -0.2) is 10.2 Å². The number of nitrogens with two attached hydrogens (primary N) is 1. The van der Waals surface area contributed by atoms with Gasteiger partial charge in [0.2, 0.25) is 0 Å². The molecule has 74 valence electrons. The van der Waals surface area contributed by atoms with E-state index in [4.69, 9.17) is 5.73 Å². The number of nitrogens with zero attached hydrogens (tertiary/aromatic N) is 1. The topological polar surface area (TPSA) is 54.7 Å². The number of nitrogen functional groups attached to an aromatic ring is 1. The van der Waals surface area contributed by atoms with Crippen molar-refractivity contribution >= 4 is 16.7 Å². The number of nitrogens with one attached hydrogen (secondary N) is 1. The number of aromatic amines is 1. The predicted octanol–water partition coefficient (Wildman–Crippen LogP) is 2.34. The van der Waals surface area contributed by atoms with E-state index in [9.17, 15) is 0 Å². The molecule has 3 nitrogen and oxygen atoms in total. The Hall–Kier alpha value is -1.51. The molecule has 0 fully saturated rings. The summed E-state index contributed by atoms with van der Waals surface area (Å²) in [6.07, 6.45) is 1.08. The number of anilines is 1. The number of fused-ring (bicyclic) bond motifs is 1. The zero-order valence-corrected chi connectivity index (χ0v) is 8.54. The van der Waals surface area contributed by atoms with E-state index in [-0.39, 0.29) is 0 Å². The van der Waals surface area contributed by atoms with E-state index in [0.717, 1.165) is 17.3 Å². The minimum Gasteiger partial charge on any atom is -0.382 e. The van der Waals surface area contributed by atoms with E-state index in [2.05, 4.69) is 36.2 Å². The van der Waals surface area contributed by atoms with Crippen molar-refractivity contribution < 1.29 is 0 Å². The summed E-state index contributed by atoms with van der Waals surface area (Å²) in [7, 11) is 0. The highest BCUT2D eigenvalue weighted by atomic mass is 15.1. The van der Waals surface area contributed by atoms with E-state index in [0.29, 0.717) is 11.7 Å². The maximum atomic E-state index is 5.73. The maximum absolute atomic E-state index is 5.73. The molecule has 0 aliphatic rings. The van der Waals surface area contributed by atoms with Crippen LogP contribution in [0, 0.1) is 5.92 Å². The summed E-state index contributed by atoms with van der Waals surface area (Å²) >= 11 is 0. The van der Waals surface area contributed by atoms with Crippen molar-refractivity contribution in [1.29, 1.82) is 0 Å². The highest BCUT2D eigenvalue weighted by molar-refractivity contribution is 5.88. The zero-order chi connectivity index (χ0) is 10.1. The summed E-state index contributed by atoms with van der Waals surface area (Å²) in [6.45, 7) is 4.42. The third-order valence-electron chi connectivity index (χ3n) is 2.30. The van der Waals surface area contributed by atoms with Gasteiger partial charge in [-0.25, -0.2) is 0 Å². The van der Waals surface area contributed by atoms with Crippen molar-refractivity contribution in [3.8, 4) is 0 Å². The van der Waals surface area contributed by atoms with Crippen LogP contribution in [0.1, 0.15) is 19.4 Å². The van der Waals surface area contributed by atoms with Gasteiger partial charge in [0, 0.05) is 5.39 Å². The predicted molar refractivity (Wildman–Crippen MR) is 59.0 cm³/mol. The number of benzene rings is 1. The molecule has 1 aromatic carbocycles. The second-order valence-electron chi connectivity index (χ2n) is 4.09. The molecule has 0 aliphatic carbocycles. The summed E-state index contributed by atoms with van der Waals surface area (Å²) in [6, 6.07) is 6.28. The normalized spacial score (nSPS) is 11.4. The molecule has 0 aliphatic heterocycles. The van der Waals surface area contributed by atoms with E-state index in [1.807, 2.05) is 6.07 Å². The van der Waals surface area contributed by atoms with Crippen molar-refractivity contribution in [2.45, 2.75) is 20.3 Å². The van der Waals surface area contributed by atoms with Crippen LogP contribution in [0.3, 0.4) is 0 Å². The Kier molecular flexibility index (Phi) is 2.15. The lowest BCUT2D eigenvalue weighted by Crippen LogP contribution is -1.93. The number of rotatable bonds is 2. The second kappa shape index (κ2) is 3.33. The minimum atomic E-state index is 0.589. The van der Waals surface area contributed by atoms with Gasteiger partial charge in [-0.1, -0.05) is 19.9 Å². The highest BCUT2D eigenvalue weighted by Gasteiger charge is 2.04. The SMILES string of the molecule is CC(C)Cc1ccc2[nH]nc(N)c2c1. The van der Waals surface area contributed by atoms with Gasteiger partial charge in [0.05, 0.1) is 5.52 Å². The van der Waals surface area contributed by atoms with Crippen molar-refractivity contribution in [3.63, 3.8) is 0 Å². The Morgan fingerprint density at radius 2 is 2.21 bits per heavy atom. The van der Waals surface area contributed by atoms with Crippen LogP contribution in [0.2, 0.25) is 0 Å². The van der Waals surface area contributed by atoms with Crippen LogP contribution in [0.15, 0.2) is 18.2 Å². The molecular weight excluding hydrogens is 174 g/mol. The standard InChI is InChI=1S/C11H15N3/c1-7(2)5-8-3-4-10-9(6-8)11(12)14-13-10/h3-4,6-7H,5H2,1-2H3,(H3,12,13,14). The van der Waals surface area contributed by atoms with Gasteiger partial charge < -0.3 is 5.73 Å². The third-order valence-corrected chi connectivity index (χ3v) is 2.30. The molecule has 2 rings (SSSR count). The number of hydrogen-bond acceptors (Lipinski definition) is 2. The van der Waals surface area contributed by atoms with Gasteiger partial charge >= 0.3 is 0 Å². The lowest BCUT2D eigenvalue weighted by Gasteiger charge is -2.04. The van der Waals surface area contributed by atoms with E-state index < -0.39 is 0 Å². The summed E-state index contributed by atoms with van der Waals surface area (Å²) in [4.78, 5) is 0. The Morgan fingerprint density at radius 1 is 1.43 bits per heavy atom. The number of aromatic nitrogens is 2. The van der Waals surface area contributed by atoms with Gasteiger partial charge in [-0.3, -0.25) is 5.10 Å². The molecule has 0 unspecified atom stereocenters. The summed E-state index contributed by atoms with van der Waals surface area (Å²) in [5.74, 6) is 1.26. The minimum absolute atomic E-state index is 0.589. The fourth-order valence-corrected chi connectivity index (χ4v) is 1.68. The average molecular weight is 189 g/mol. The van der Waals surface area contributed by atoms with Crippen molar-refractivity contribution in [2.75, 3.05) is 5.73 Å². The van der Waals surface area contributed by atoms with Crippen molar-refractivity contribution in [3.05, 3.63) is 23.8 Å². The molecule has 3 N–H and O–H groups in total. The Labute approximate surface area is 83.3 Å².